The molecule has 0 bridgehead atoms. The highest BCUT2D eigenvalue weighted by atomic mass is 19.2. The van der Waals surface area contributed by atoms with Crippen molar-refractivity contribution in [2.75, 3.05) is 11.9 Å². The van der Waals surface area contributed by atoms with E-state index in [1.165, 1.54) is 0 Å². The maximum atomic E-state index is 13.0. The summed E-state index contributed by atoms with van der Waals surface area (Å²) in [6.07, 6.45) is 1.28. The van der Waals surface area contributed by atoms with Gasteiger partial charge in [0, 0.05) is 24.4 Å². The van der Waals surface area contributed by atoms with Gasteiger partial charge < -0.3 is 11.1 Å². The van der Waals surface area contributed by atoms with Gasteiger partial charge in [0.2, 0.25) is 5.91 Å². The van der Waals surface area contributed by atoms with Crippen molar-refractivity contribution in [1.29, 1.82) is 0 Å². The van der Waals surface area contributed by atoms with Crippen LogP contribution in [0, 0.1) is 28.8 Å². The predicted octanol–water partition coefficient (Wildman–Crippen LogP) is 2.42. The third-order valence-electron chi connectivity index (χ3n) is 3.59. The van der Waals surface area contributed by atoms with Gasteiger partial charge in [0.25, 0.3) is 0 Å². The first-order chi connectivity index (χ1) is 8.88. The van der Waals surface area contributed by atoms with Crippen molar-refractivity contribution in [2.45, 2.75) is 19.8 Å². The average Bonchev–Trinajstić information content (AvgIpc) is 2.31. The Kier molecular flexibility index (Phi) is 3.54. The molecule has 3 N–H and O–H groups in total. The Balaban J connectivity index is 2.15. The van der Waals surface area contributed by atoms with Gasteiger partial charge in [-0.05, 0) is 18.8 Å². The summed E-state index contributed by atoms with van der Waals surface area (Å²) in [5, 5.41) is 2.40. The minimum absolute atomic E-state index is 0.103. The van der Waals surface area contributed by atoms with Crippen LogP contribution in [0.1, 0.15) is 19.8 Å². The lowest BCUT2D eigenvalue weighted by molar-refractivity contribution is -0.132. The highest BCUT2D eigenvalue weighted by molar-refractivity contribution is 5.96. The molecule has 1 aromatic rings. The molecule has 0 heterocycles. The van der Waals surface area contributed by atoms with Crippen LogP contribution in [-0.4, -0.2) is 12.5 Å². The lowest BCUT2D eigenvalue weighted by Gasteiger charge is -2.44. The molecule has 0 saturated heterocycles. The molecule has 1 fully saturated rings. The molecule has 0 radical (unpaired) electrons. The van der Waals surface area contributed by atoms with E-state index in [0.29, 0.717) is 18.8 Å². The lowest BCUT2D eigenvalue weighted by Crippen LogP contribution is -2.51. The number of rotatable bonds is 3. The molecule has 0 aromatic heterocycles. The number of halogens is 3. The molecule has 0 atom stereocenters. The summed E-state index contributed by atoms with van der Waals surface area (Å²) in [7, 11) is 0. The quantitative estimate of drug-likeness (QED) is 0.830. The van der Waals surface area contributed by atoms with Crippen LogP contribution in [0.25, 0.3) is 0 Å². The average molecular weight is 272 g/mol. The van der Waals surface area contributed by atoms with E-state index in [2.05, 4.69) is 5.32 Å². The Labute approximate surface area is 109 Å². The van der Waals surface area contributed by atoms with E-state index in [0.717, 1.165) is 12.1 Å². The normalized spacial score (nSPS) is 25.8. The fourth-order valence-electron chi connectivity index (χ4n) is 2.61. The molecular weight excluding hydrogens is 257 g/mol. The first kappa shape index (κ1) is 13.9. The second kappa shape index (κ2) is 4.85. The van der Waals surface area contributed by atoms with E-state index >= 15 is 0 Å². The van der Waals surface area contributed by atoms with E-state index in [4.69, 9.17) is 5.73 Å². The van der Waals surface area contributed by atoms with Crippen LogP contribution in [0.3, 0.4) is 0 Å². The molecule has 1 amide bonds. The molecule has 1 aliphatic rings. The Morgan fingerprint density at radius 2 is 1.89 bits per heavy atom. The third kappa shape index (κ3) is 2.45. The number of carbonyl (C=O) groups excluding carboxylic acids is 1. The van der Waals surface area contributed by atoms with Crippen molar-refractivity contribution >= 4 is 11.6 Å². The zero-order chi connectivity index (χ0) is 14.2. The first-order valence-electron chi connectivity index (χ1n) is 6.04. The van der Waals surface area contributed by atoms with E-state index < -0.39 is 22.9 Å². The number of anilines is 1. The highest BCUT2D eigenvalue weighted by Crippen LogP contribution is 2.45. The molecule has 0 unspecified atom stereocenters. The summed E-state index contributed by atoms with van der Waals surface area (Å²) in [5.41, 5.74) is 4.82. The van der Waals surface area contributed by atoms with Crippen molar-refractivity contribution in [2.24, 2.45) is 17.1 Å². The minimum Gasteiger partial charge on any atom is -0.329 e. The molecule has 1 aromatic carbocycles. The molecule has 19 heavy (non-hydrogen) atoms. The maximum Gasteiger partial charge on any atom is 0.231 e. The largest absolute Gasteiger partial charge is 0.329 e. The SMILES string of the molecule is CC1CC(CN)(C(=O)Nc2cc(F)c(F)c(F)c2)C1. The van der Waals surface area contributed by atoms with E-state index in [1.54, 1.807) is 0 Å². The Hall–Kier alpha value is -1.56. The van der Waals surface area contributed by atoms with Crippen LogP contribution < -0.4 is 11.1 Å². The van der Waals surface area contributed by atoms with Crippen LogP contribution in [0.5, 0.6) is 0 Å². The predicted molar refractivity (Wildman–Crippen MR) is 64.8 cm³/mol. The fraction of sp³-hybridized carbons (Fsp3) is 0.462. The number of amides is 1. The highest BCUT2D eigenvalue weighted by Gasteiger charge is 2.47. The second-order valence-corrected chi connectivity index (χ2v) is 5.21. The van der Waals surface area contributed by atoms with Crippen molar-refractivity contribution in [3.63, 3.8) is 0 Å². The Morgan fingerprint density at radius 1 is 1.37 bits per heavy atom. The summed E-state index contributed by atoms with van der Waals surface area (Å²) in [4.78, 5) is 12.1. The van der Waals surface area contributed by atoms with Crippen LogP contribution in [0.15, 0.2) is 12.1 Å². The maximum absolute atomic E-state index is 13.0. The van der Waals surface area contributed by atoms with Gasteiger partial charge in [0.1, 0.15) is 0 Å². The number of nitrogens with two attached hydrogens (primary N) is 1. The summed E-state index contributed by atoms with van der Waals surface area (Å²) in [6.45, 7) is 2.17. The van der Waals surface area contributed by atoms with Crippen LogP contribution in [-0.2, 0) is 4.79 Å². The molecule has 104 valence electrons. The van der Waals surface area contributed by atoms with Gasteiger partial charge in [-0.1, -0.05) is 6.92 Å². The molecule has 2 rings (SSSR count). The molecule has 1 saturated carbocycles. The summed E-state index contributed by atoms with van der Waals surface area (Å²) >= 11 is 0. The standard InChI is InChI=1S/C13H15F3N2O/c1-7-4-13(5-7,6-17)12(19)18-8-2-9(14)11(16)10(15)3-8/h2-3,7H,4-6,17H2,1H3,(H,18,19). The van der Waals surface area contributed by atoms with Gasteiger partial charge in [0.05, 0.1) is 5.41 Å². The van der Waals surface area contributed by atoms with Gasteiger partial charge in [-0.2, -0.15) is 0 Å². The number of hydrogen-bond acceptors (Lipinski definition) is 2. The van der Waals surface area contributed by atoms with Gasteiger partial charge in [0.15, 0.2) is 17.5 Å². The Morgan fingerprint density at radius 3 is 2.32 bits per heavy atom. The summed E-state index contributed by atoms with van der Waals surface area (Å²) in [6, 6.07) is 1.51. The molecule has 1 aliphatic carbocycles. The lowest BCUT2D eigenvalue weighted by atomic mass is 9.62. The van der Waals surface area contributed by atoms with Crippen molar-refractivity contribution < 1.29 is 18.0 Å². The van der Waals surface area contributed by atoms with Gasteiger partial charge in [-0.25, -0.2) is 13.2 Å². The van der Waals surface area contributed by atoms with Crippen LogP contribution >= 0.6 is 0 Å². The number of benzene rings is 1. The second-order valence-electron chi connectivity index (χ2n) is 5.21. The molecule has 3 nitrogen and oxygen atoms in total. The fourth-order valence-corrected chi connectivity index (χ4v) is 2.61. The molecule has 6 heteroatoms. The Bertz CT molecular complexity index is 490. The zero-order valence-electron chi connectivity index (χ0n) is 10.5. The van der Waals surface area contributed by atoms with E-state index in [-0.39, 0.29) is 18.1 Å². The molecular formula is C13H15F3N2O. The third-order valence-corrected chi connectivity index (χ3v) is 3.59. The van der Waals surface area contributed by atoms with Gasteiger partial charge in [-0.15, -0.1) is 0 Å². The van der Waals surface area contributed by atoms with Gasteiger partial charge >= 0.3 is 0 Å². The van der Waals surface area contributed by atoms with E-state index in [1.807, 2.05) is 6.92 Å². The number of nitrogens with one attached hydrogen (secondary N) is 1. The summed E-state index contributed by atoms with van der Waals surface area (Å²) in [5.74, 6) is -4.20. The molecule has 0 aliphatic heterocycles. The topological polar surface area (TPSA) is 55.1 Å². The first-order valence-corrected chi connectivity index (χ1v) is 6.04. The van der Waals surface area contributed by atoms with Crippen molar-refractivity contribution in [3.8, 4) is 0 Å². The van der Waals surface area contributed by atoms with E-state index in [9.17, 15) is 18.0 Å². The minimum atomic E-state index is -1.55. The van der Waals surface area contributed by atoms with Gasteiger partial charge in [-0.3, -0.25) is 4.79 Å². The monoisotopic (exact) mass is 272 g/mol. The zero-order valence-corrected chi connectivity index (χ0v) is 10.5. The number of carbonyl (C=O) groups is 1. The van der Waals surface area contributed by atoms with Crippen LogP contribution in [0.2, 0.25) is 0 Å². The smallest absolute Gasteiger partial charge is 0.231 e. The molecule has 0 spiro atoms. The summed E-state index contributed by atoms with van der Waals surface area (Å²) < 4.78 is 38.9. The van der Waals surface area contributed by atoms with Crippen LogP contribution in [0.4, 0.5) is 18.9 Å². The van der Waals surface area contributed by atoms with Crippen molar-refractivity contribution in [1.82, 2.24) is 0 Å². The number of hydrogen-bond donors (Lipinski definition) is 2. The van der Waals surface area contributed by atoms with Crippen molar-refractivity contribution in [3.05, 3.63) is 29.6 Å².